The zero-order valence-electron chi connectivity index (χ0n) is 12.9. The van der Waals surface area contributed by atoms with Crippen LogP contribution in [0, 0.1) is 13.8 Å². The van der Waals surface area contributed by atoms with Crippen molar-refractivity contribution >= 4 is 5.69 Å². The predicted molar refractivity (Wildman–Crippen MR) is 87.3 cm³/mol. The first-order valence-electron chi connectivity index (χ1n) is 7.29. The molecule has 1 aromatic carbocycles. The second-order valence-corrected chi connectivity index (χ2v) is 5.40. The average Bonchev–Trinajstić information content (AvgIpc) is 2.44. The summed E-state index contributed by atoms with van der Waals surface area (Å²) in [6, 6.07) is 8.37. The van der Waals surface area contributed by atoms with Crippen molar-refractivity contribution < 1.29 is 0 Å². The molecule has 0 unspecified atom stereocenters. The first-order chi connectivity index (χ1) is 10.0. The highest BCUT2D eigenvalue weighted by atomic mass is 16.1. The van der Waals surface area contributed by atoms with Crippen LogP contribution < -0.4 is 16.6 Å². The summed E-state index contributed by atoms with van der Waals surface area (Å²) in [6.07, 6.45) is 0.855. The SMILES string of the molecule is CCc1c(C)[nH]c(=O)c(N)c1CNCc1cccc(C)c1. The number of nitrogen functional groups attached to an aromatic ring is 1. The number of nitrogens with one attached hydrogen (secondary N) is 2. The van der Waals surface area contributed by atoms with Crippen molar-refractivity contribution in [2.24, 2.45) is 0 Å². The van der Waals surface area contributed by atoms with Gasteiger partial charge in [-0.1, -0.05) is 36.8 Å². The quantitative estimate of drug-likeness (QED) is 0.790. The van der Waals surface area contributed by atoms with Crippen LogP contribution in [0.3, 0.4) is 0 Å². The van der Waals surface area contributed by atoms with Gasteiger partial charge in [-0.3, -0.25) is 4.79 Å². The van der Waals surface area contributed by atoms with Crippen molar-refractivity contribution in [2.45, 2.75) is 40.3 Å². The van der Waals surface area contributed by atoms with E-state index >= 15 is 0 Å². The fourth-order valence-corrected chi connectivity index (χ4v) is 2.67. The summed E-state index contributed by atoms with van der Waals surface area (Å²) in [5.74, 6) is 0. The van der Waals surface area contributed by atoms with Crippen molar-refractivity contribution in [3.8, 4) is 0 Å². The third kappa shape index (κ3) is 3.52. The smallest absolute Gasteiger partial charge is 0.271 e. The highest BCUT2D eigenvalue weighted by Crippen LogP contribution is 2.16. The molecule has 0 aliphatic carbocycles. The molecule has 2 rings (SSSR count). The topological polar surface area (TPSA) is 70.9 Å². The van der Waals surface area contributed by atoms with Gasteiger partial charge in [0.2, 0.25) is 0 Å². The predicted octanol–water partition coefficient (Wildman–Crippen LogP) is 2.43. The van der Waals surface area contributed by atoms with Crippen LogP contribution in [0.5, 0.6) is 0 Å². The Morgan fingerprint density at radius 1 is 1.19 bits per heavy atom. The molecular weight excluding hydrogens is 262 g/mol. The Balaban J connectivity index is 2.15. The normalized spacial score (nSPS) is 10.8. The molecule has 4 nitrogen and oxygen atoms in total. The standard InChI is InChI=1S/C17H23N3O/c1-4-14-12(3)20-17(21)16(18)15(14)10-19-9-13-7-5-6-11(2)8-13/h5-8,19H,4,9-10,18H2,1-3H3,(H,20,21). The van der Waals surface area contributed by atoms with Crippen molar-refractivity contribution in [1.82, 2.24) is 10.3 Å². The molecule has 0 radical (unpaired) electrons. The lowest BCUT2D eigenvalue weighted by Crippen LogP contribution is -2.23. The van der Waals surface area contributed by atoms with Gasteiger partial charge >= 0.3 is 0 Å². The van der Waals surface area contributed by atoms with Gasteiger partial charge < -0.3 is 16.0 Å². The van der Waals surface area contributed by atoms with Crippen molar-refractivity contribution in [3.63, 3.8) is 0 Å². The lowest BCUT2D eigenvalue weighted by molar-refractivity contribution is 0.686. The molecule has 4 heteroatoms. The molecular formula is C17H23N3O. The Labute approximate surface area is 125 Å². The minimum atomic E-state index is -0.197. The van der Waals surface area contributed by atoms with Crippen LogP contribution >= 0.6 is 0 Å². The van der Waals surface area contributed by atoms with Crippen LogP contribution in [0.1, 0.15) is 34.9 Å². The Hall–Kier alpha value is -2.07. The van der Waals surface area contributed by atoms with Crippen molar-refractivity contribution in [1.29, 1.82) is 0 Å². The summed E-state index contributed by atoms with van der Waals surface area (Å²) in [4.78, 5) is 14.6. The number of anilines is 1. The van der Waals surface area contributed by atoms with E-state index in [1.165, 1.54) is 11.1 Å². The number of aryl methyl sites for hydroxylation is 2. The van der Waals surface area contributed by atoms with E-state index in [1.54, 1.807) is 0 Å². The molecule has 0 atom stereocenters. The number of hydrogen-bond acceptors (Lipinski definition) is 3. The number of nitrogens with two attached hydrogens (primary N) is 1. The number of aromatic amines is 1. The van der Waals surface area contributed by atoms with Crippen molar-refractivity contribution in [2.75, 3.05) is 5.73 Å². The third-order valence-corrected chi connectivity index (χ3v) is 3.75. The summed E-state index contributed by atoms with van der Waals surface area (Å²) in [6.45, 7) is 7.44. The first kappa shape index (κ1) is 15.3. The van der Waals surface area contributed by atoms with Gasteiger partial charge in [-0.15, -0.1) is 0 Å². The van der Waals surface area contributed by atoms with Gasteiger partial charge in [0.25, 0.3) is 5.56 Å². The molecule has 0 saturated heterocycles. The highest BCUT2D eigenvalue weighted by molar-refractivity contribution is 5.50. The minimum Gasteiger partial charge on any atom is -0.394 e. The molecule has 1 aromatic heterocycles. The van der Waals surface area contributed by atoms with Crippen LogP contribution in [0.25, 0.3) is 0 Å². The maximum Gasteiger partial charge on any atom is 0.271 e. The molecule has 0 saturated carbocycles. The maximum absolute atomic E-state index is 11.8. The first-order valence-corrected chi connectivity index (χ1v) is 7.29. The van der Waals surface area contributed by atoms with Crippen molar-refractivity contribution in [3.05, 3.63) is 62.6 Å². The van der Waals surface area contributed by atoms with Gasteiger partial charge in [-0.25, -0.2) is 0 Å². The zero-order chi connectivity index (χ0) is 15.4. The number of rotatable bonds is 5. The lowest BCUT2D eigenvalue weighted by Gasteiger charge is -2.14. The summed E-state index contributed by atoms with van der Waals surface area (Å²) in [5.41, 5.74) is 11.5. The minimum absolute atomic E-state index is 0.197. The van der Waals surface area contributed by atoms with Gasteiger partial charge in [-0.05, 0) is 37.0 Å². The Morgan fingerprint density at radius 2 is 1.95 bits per heavy atom. The molecule has 0 fully saturated rings. The number of H-pyrrole nitrogens is 1. The number of pyridine rings is 1. The van der Waals surface area contributed by atoms with E-state index in [0.717, 1.165) is 29.8 Å². The van der Waals surface area contributed by atoms with E-state index in [2.05, 4.69) is 48.4 Å². The van der Waals surface area contributed by atoms with Crippen LogP contribution in [0.4, 0.5) is 5.69 Å². The van der Waals surface area contributed by atoms with Crippen LogP contribution in [0.15, 0.2) is 29.1 Å². The molecule has 2 aromatic rings. The van der Waals surface area contributed by atoms with Crippen LogP contribution in [0.2, 0.25) is 0 Å². The van der Waals surface area contributed by atoms with E-state index in [9.17, 15) is 4.79 Å². The molecule has 0 amide bonds. The molecule has 0 spiro atoms. The fraction of sp³-hybridized carbons (Fsp3) is 0.353. The Kier molecular flexibility index (Phi) is 4.81. The molecule has 0 aliphatic heterocycles. The number of hydrogen-bond donors (Lipinski definition) is 3. The third-order valence-electron chi connectivity index (χ3n) is 3.75. The van der Waals surface area contributed by atoms with Gasteiger partial charge in [0, 0.05) is 18.8 Å². The maximum atomic E-state index is 11.8. The summed E-state index contributed by atoms with van der Waals surface area (Å²) in [7, 11) is 0. The zero-order valence-corrected chi connectivity index (χ0v) is 12.9. The van der Waals surface area contributed by atoms with Gasteiger partial charge in [0.05, 0.1) is 0 Å². The largest absolute Gasteiger partial charge is 0.394 e. The van der Waals surface area contributed by atoms with Crippen LogP contribution in [-0.4, -0.2) is 4.98 Å². The molecule has 21 heavy (non-hydrogen) atoms. The second-order valence-electron chi connectivity index (χ2n) is 5.40. The molecule has 1 heterocycles. The molecule has 112 valence electrons. The van der Waals surface area contributed by atoms with E-state index < -0.39 is 0 Å². The Morgan fingerprint density at radius 3 is 2.62 bits per heavy atom. The lowest BCUT2D eigenvalue weighted by atomic mass is 10.0. The molecule has 4 N–H and O–H groups in total. The van der Waals surface area contributed by atoms with E-state index in [1.807, 2.05) is 6.92 Å². The Bertz CT molecular complexity index is 689. The number of aromatic nitrogens is 1. The van der Waals surface area contributed by atoms with Gasteiger partial charge in [-0.2, -0.15) is 0 Å². The molecule has 0 aliphatic rings. The summed E-state index contributed by atoms with van der Waals surface area (Å²) < 4.78 is 0. The number of benzene rings is 1. The second kappa shape index (κ2) is 6.59. The van der Waals surface area contributed by atoms with Gasteiger partial charge in [0.15, 0.2) is 0 Å². The van der Waals surface area contributed by atoms with E-state index in [4.69, 9.17) is 5.73 Å². The average molecular weight is 285 g/mol. The van der Waals surface area contributed by atoms with E-state index in [-0.39, 0.29) is 5.56 Å². The van der Waals surface area contributed by atoms with Gasteiger partial charge in [0.1, 0.15) is 5.69 Å². The fourth-order valence-electron chi connectivity index (χ4n) is 2.67. The molecule has 0 bridgehead atoms. The monoisotopic (exact) mass is 285 g/mol. The summed E-state index contributed by atoms with van der Waals surface area (Å²) >= 11 is 0. The highest BCUT2D eigenvalue weighted by Gasteiger charge is 2.11. The summed E-state index contributed by atoms with van der Waals surface area (Å²) in [5, 5.41) is 3.38. The van der Waals surface area contributed by atoms with E-state index in [0.29, 0.717) is 12.2 Å². The van der Waals surface area contributed by atoms with Crippen LogP contribution in [-0.2, 0) is 19.5 Å².